The van der Waals surface area contributed by atoms with Crippen molar-refractivity contribution in [3.8, 4) is 0 Å². The fraction of sp³-hybridized carbons (Fsp3) is 0.333. The molecule has 0 spiro atoms. The summed E-state index contributed by atoms with van der Waals surface area (Å²) in [5, 5.41) is 12.5. The summed E-state index contributed by atoms with van der Waals surface area (Å²) < 4.78 is 0.718. The van der Waals surface area contributed by atoms with E-state index < -0.39 is 17.8 Å². The first kappa shape index (κ1) is 16.0. The molecule has 112 valence electrons. The molecule has 2 N–H and O–H groups in total. The molecule has 0 aromatic heterocycles. The lowest BCUT2D eigenvalue weighted by molar-refractivity contribution is -0.146. The normalized spacial score (nSPS) is 21.1. The highest BCUT2D eigenvalue weighted by Gasteiger charge is 2.34. The molecule has 1 aliphatic rings. The molecule has 0 saturated heterocycles. The van der Waals surface area contributed by atoms with E-state index in [-0.39, 0.29) is 5.91 Å². The molecule has 6 heteroatoms. The summed E-state index contributed by atoms with van der Waals surface area (Å²) in [5.74, 6) is -2.50. The summed E-state index contributed by atoms with van der Waals surface area (Å²) in [4.78, 5) is 23.6. The van der Waals surface area contributed by atoms with E-state index in [0.29, 0.717) is 23.6 Å². The number of amides is 1. The fourth-order valence-electron chi connectivity index (χ4n) is 2.34. The van der Waals surface area contributed by atoms with Gasteiger partial charge in [-0.25, -0.2) is 0 Å². The van der Waals surface area contributed by atoms with E-state index in [1.165, 1.54) is 0 Å². The number of carbonyl (C=O) groups is 2. The van der Waals surface area contributed by atoms with Crippen LogP contribution < -0.4 is 5.32 Å². The van der Waals surface area contributed by atoms with Crippen molar-refractivity contribution in [2.45, 2.75) is 19.8 Å². The highest BCUT2D eigenvalue weighted by molar-refractivity contribution is 9.10. The molecule has 21 heavy (non-hydrogen) atoms. The number of hydrogen-bond acceptors (Lipinski definition) is 2. The summed E-state index contributed by atoms with van der Waals surface area (Å²) >= 11 is 9.43. The van der Waals surface area contributed by atoms with Crippen LogP contribution in [-0.4, -0.2) is 17.0 Å². The first-order chi connectivity index (χ1) is 9.90. The maximum absolute atomic E-state index is 12.4. The number of aliphatic carboxylic acids is 1. The van der Waals surface area contributed by atoms with E-state index in [9.17, 15) is 14.7 Å². The number of rotatable bonds is 3. The number of carbonyl (C=O) groups excluding carboxylic acids is 1. The van der Waals surface area contributed by atoms with Gasteiger partial charge >= 0.3 is 5.97 Å². The summed E-state index contributed by atoms with van der Waals surface area (Å²) in [6, 6.07) is 3.47. The second kappa shape index (κ2) is 6.62. The average Bonchev–Trinajstić information content (AvgIpc) is 2.44. The molecule has 0 unspecified atom stereocenters. The van der Waals surface area contributed by atoms with Crippen LogP contribution in [0.15, 0.2) is 28.8 Å². The molecule has 0 aliphatic heterocycles. The molecule has 4 nitrogen and oxygen atoms in total. The zero-order chi connectivity index (χ0) is 15.6. The smallest absolute Gasteiger partial charge is 0.307 e. The molecule has 0 radical (unpaired) electrons. The van der Waals surface area contributed by atoms with Gasteiger partial charge in [0.1, 0.15) is 0 Å². The van der Waals surface area contributed by atoms with Gasteiger partial charge in [0.25, 0.3) is 0 Å². The Labute approximate surface area is 136 Å². The Morgan fingerprint density at radius 2 is 1.90 bits per heavy atom. The molecule has 0 heterocycles. The minimum absolute atomic E-state index is 0.299. The van der Waals surface area contributed by atoms with Crippen LogP contribution in [0.4, 0.5) is 5.69 Å². The highest BCUT2D eigenvalue weighted by Crippen LogP contribution is 2.32. The van der Waals surface area contributed by atoms with Crippen LogP contribution in [0.2, 0.25) is 5.02 Å². The largest absolute Gasteiger partial charge is 0.481 e. The number of hydrogen-bond donors (Lipinski definition) is 2. The Balaban J connectivity index is 2.19. The minimum atomic E-state index is -0.944. The Morgan fingerprint density at radius 3 is 2.52 bits per heavy atom. The molecule has 0 bridgehead atoms. The van der Waals surface area contributed by atoms with Crippen LogP contribution in [0.5, 0.6) is 0 Å². The predicted octanol–water partition coefficient (Wildman–Crippen LogP) is 4.02. The summed E-state index contributed by atoms with van der Waals surface area (Å²) in [6.07, 6.45) is 4.46. The molecule has 0 saturated carbocycles. The Kier molecular flexibility index (Phi) is 5.06. The minimum Gasteiger partial charge on any atom is -0.481 e. The third kappa shape index (κ3) is 3.66. The van der Waals surface area contributed by atoms with Crippen molar-refractivity contribution in [3.05, 3.63) is 39.3 Å². The molecule has 1 aromatic carbocycles. The van der Waals surface area contributed by atoms with Gasteiger partial charge in [-0.2, -0.15) is 0 Å². The summed E-state index contributed by atoms with van der Waals surface area (Å²) in [7, 11) is 0. The first-order valence-electron chi connectivity index (χ1n) is 6.54. The summed E-state index contributed by atoms with van der Waals surface area (Å²) in [5.41, 5.74) is 1.44. The van der Waals surface area contributed by atoms with Gasteiger partial charge in [0.2, 0.25) is 5.91 Å². The number of anilines is 1. The van der Waals surface area contributed by atoms with Crippen LogP contribution in [0.1, 0.15) is 18.4 Å². The zero-order valence-electron chi connectivity index (χ0n) is 11.4. The topological polar surface area (TPSA) is 66.4 Å². The number of nitrogens with one attached hydrogen (secondary N) is 1. The SMILES string of the molecule is Cc1cc(Br)c(NC(=O)[C@@H]2CC=CC[C@@H]2C(=O)O)cc1Cl. The van der Waals surface area contributed by atoms with Gasteiger partial charge in [-0.1, -0.05) is 23.8 Å². The van der Waals surface area contributed by atoms with Crippen molar-refractivity contribution in [1.29, 1.82) is 0 Å². The highest BCUT2D eigenvalue weighted by atomic mass is 79.9. The van der Waals surface area contributed by atoms with E-state index in [1.54, 1.807) is 12.1 Å². The standard InChI is InChI=1S/C15H15BrClNO3/c1-8-6-11(16)13(7-12(8)17)18-14(19)9-4-2-3-5-10(9)15(20)21/h2-3,6-7,9-10H,4-5H2,1H3,(H,18,19)(H,20,21)/t9-,10+/m1/s1. The van der Waals surface area contributed by atoms with E-state index in [0.717, 1.165) is 10.0 Å². The fourth-order valence-corrected chi connectivity index (χ4v) is 3.07. The van der Waals surface area contributed by atoms with Gasteiger partial charge in [-0.05, 0) is 53.4 Å². The number of halogens is 2. The Hall–Kier alpha value is -1.33. The number of aryl methyl sites for hydroxylation is 1. The number of allylic oxidation sites excluding steroid dienone is 2. The van der Waals surface area contributed by atoms with Crippen molar-refractivity contribution in [2.75, 3.05) is 5.32 Å². The molecule has 2 rings (SSSR count). The maximum Gasteiger partial charge on any atom is 0.307 e. The van der Waals surface area contributed by atoms with Crippen molar-refractivity contribution in [3.63, 3.8) is 0 Å². The van der Waals surface area contributed by atoms with Gasteiger partial charge in [-0.15, -0.1) is 0 Å². The molecule has 1 amide bonds. The van der Waals surface area contributed by atoms with Crippen molar-refractivity contribution in [1.82, 2.24) is 0 Å². The van der Waals surface area contributed by atoms with Gasteiger partial charge in [0.15, 0.2) is 0 Å². The van der Waals surface area contributed by atoms with Crippen LogP contribution in [0, 0.1) is 18.8 Å². The van der Waals surface area contributed by atoms with Crippen LogP contribution >= 0.6 is 27.5 Å². The van der Waals surface area contributed by atoms with E-state index in [4.69, 9.17) is 11.6 Å². The van der Waals surface area contributed by atoms with Gasteiger partial charge in [-0.3, -0.25) is 9.59 Å². The maximum atomic E-state index is 12.4. The third-order valence-electron chi connectivity index (χ3n) is 3.59. The number of carboxylic acids is 1. The second-order valence-electron chi connectivity index (χ2n) is 5.06. The van der Waals surface area contributed by atoms with Gasteiger partial charge in [0, 0.05) is 9.50 Å². The van der Waals surface area contributed by atoms with Crippen LogP contribution in [0.25, 0.3) is 0 Å². The Bertz CT molecular complexity index is 615. The number of carboxylic acid groups (broad SMARTS) is 1. The average molecular weight is 373 g/mol. The quantitative estimate of drug-likeness (QED) is 0.788. The molecular formula is C15H15BrClNO3. The van der Waals surface area contributed by atoms with Crippen LogP contribution in [0.3, 0.4) is 0 Å². The lowest BCUT2D eigenvalue weighted by Crippen LogP contribution is -2.34. The third-order valence-corrected chi connectivity index (χ3v) is 4.66. The van der Waals surface area contributed by atoms with E-state index in [2.05, 4.69) is 21.2 Å². The summed E-state index contributed by atoms with van der Waals surface area (Å²) in [6.45, 7) is 1.87. The van der Waals surface area contributed by atoms with Gasteiger partial charge in [0.05, 0.1) is 17.5 Å². The van der Waals surface area contributed by atoms with Crippen LogP contribution in [-0.2, 0) is 9.59 Å². The zero-order valence-corrected chi connectivity index (χ0v) is 13.7. The molecule has 1 aromatic rings. The monoisotopic (exact) mass is 371 g/mol. The first-order valence-corrected chi connectivity index (χ1v) is 7.71. The molecule has 2 atom stereocenters. The van der Waals surface area contributed by atoms with E-state index >= 15 is 0 Å². The lowest BCUT2D eigenvalue weighted by Gasteiger charge is -2.24. The second-order valence-corrected chi connectivity index (χ2v) is 6.33. The predicted molar refractivity (Wildman–Crippen MR) is 85.5 cm³/mol. The Morgan fingerprint density at radius 1 is 1.29 bits per heavy atom. The van der Waals surface area contributed by atoms with Crippen molar-refractivity contribution in [2.24, 2.45) is 11.8 Å². The van der Waals surface area contributed by atoms with Crippen molar-refractivity contribution < 1.29 is 14.7 Å². The molecule has 0 fully saturated rings. The molecular weight excluding hydrogens is 358 g/mol. The van der Waals surface area contributed by atoms with Crippen molar-refractivity contribution >= 4 is 45.1 Å². The van der Waals surface area contributed by atoms with E-state index in [1.807, 2.05) is 19.1 Å². The lowest BCUT2D eigenvalue weighted by atomic mass is 9.82. The number of benzene rings is 1. The molecule has 1 aliphatic carbocycles. The van der Waals surface area contributed by atoms with Gasteiger partial charge < -0.3 is 10.4 Å².